The van der Waals surface area contributed by atoms with Gasteiger partial charge in [0.25, 0.3) is 0 Å². The number of benzene rings is 10. The van der Waals surface area contributed by atoms with E-state index in [1.165, 1.54) is 77.0 Å². The first-order valence-corrected chi connectivity index (χ1v) is 21.0. The van der Waals surface area contributed by atoms with Gasteiger partial charge < -0.3 is 5.73 Å². The highest BCUT2D eigenvalue weighted by Gasteiger charge is 2.47. The Labute approximate surface area is 356 Å². The van der Waals surface area contributed by atoms with Crippen LogP contribution in [0.25, 0.3) is 60.3 Å². The number of aliphatic imine (C=N–C) groups is 1. The molecule has 0 unspecified atom stereocenters. The molecule has 0 heterocycles. The van der Waals surface area contributed by atoms with E-state index >= 15 is 0 Å². The van der Waals surface area contributed by atoms with E-state index in [4.69, 9.17) is 10.7 Å². The van der Waals surface area contributed by atoms with E-state index in [-0.39, 0.29) is 0 Å². The van der Waals surface area contributed by atoms with E-state index in [1.807, 2.05) is 30.3 Å². The zero-order chi connectivity index (χ0) is 40.8. The van der Waals surface area contributed by atoms with Crippen molar-refractivity contribution in [1.29, 1.82) is 0 Å². The number of fused-ring (bicyclic) bond motifs is 7. The van der Waals surface area contributed by atoms with Gasteiger partial charge in [-0.1, -0.05) is 224 Å². The van der Waals surface area contributed by atoms with Gasteiger partial charge in [-0.25, -0.2) is 4.99 Å². The normalized spacial score (nSPS) is 13.4. The highest BCUT2D eigenvalue weighted by molar-refractivity contribution is 6.07. The molecule has 0 aliphatic heterocycles. The molecule has 0 saturated heterocycles. The third-order valence-corrected chi connectivity index (χ3v) is 12.6. The Morgan fingerprint density at radius 2 is 1.05 bits per heavy atom. The largest absolute Gasteiger partial charge is 0.383 e. The van der Waals surface area contributed by atoms with Gasteiger partial charge in [0.2, 0.25) is 0 Å². The van der Waals surface area contributed by atoms with Crippen LogP contribution < -0.4 is 5.73 Å². The van der Waals surface area contributed by atoms with Crippen molar-refractivity contribution < 1.29 is 0 Å². The highest BCUT2D eigenvalue weighted by Crippen LogP contribution is 2.58. The molecule has 2 heteroatoms. The van der Waals surface area contributed by atoms with Crippen LogP contribution in [-0.4, -0.2) is 5.84 Å². The minimum absolute atomic E-state index is 0.489. The Kier molecular flexibility index (Phi) is 8.98. The van der Waals surface area contributed by atoms with Gasteiger partial charge in [-0.15, -0.1) is 0 Å². The van der Waals surface area contributed by atoms with E-state index in [0.29, 0.717) is 12.3 Å². The molecule has 2 N–H and O–H groups in total. The lowest BCUT2D eigenvalue weighted by molar-refractivity contribution is 0.775. The predicted molar refractivity (Wildman–Crippen MR) is 257 cm³/mol. The van der Waals surface area contributed by atoms with E-state index in [0.717, 1.165) is 22.2 Å². The van der Waals surface area contributed by atoms with Crippen LogP contribution in [0.15, 0.2) is 236 Å². The van der Waals surface area contributed by atoms with E-state index in [1.54, 1.807) is 0 Å². The number of nitrogens with two attached hydrogens (primary N) is 1. The van der Waals surface area contributed by atoms with Crippen molar-refractivity contribution in [2.75, 3.05) is 0 Å². The van der Waals surface area contributed by atoms with Crippen LogP contribution in [0.5, 0.6) is 0 Å². The Bertz CT molecular complexity index is 3290. The summed E-state index contributed by atoms with van der Waals surface area (Å²) in [5, 5.41) is 7.28. The molecule has 1 aliphatic carbocycles. The van der Waals surface area contributed by atoms with Crippen molar-refractivity contribution >= 4 is 43.9 Å². The molecule has 0 atom stereocenters. The summed E-state index contributed by atoms with van der Waals surface area (Å²) < 4.78 is 0. The maximum Gasteiger partial charge on any atom is 0.131 e. The summed E-state index contributed by atoms with van der Waals surface area (Å²) in [4.78, 5) is 5.17. The van der Waals surface area contributed by atoms with Gasteiger partial charge >= 0.3 is 0 Å². The van der Waals surface area contributed by atoms with Gasteiger partial charge in [0.05, 0.1) is 11.1 Å². The fourth-order valence-electron chi connectivity index (χ4n) is 9.81. The summed E-state index contributed by atoms with van der Waals surface area (Å²) in [5.41, 5.74) is 20.3. The smallest absolute Gasteiger partial charge is 0.131 e. The van der Waals surface area contributed by atoms with Gasteiger partial charge in [0.15, 0.2) is 0 Å². The molecule has 1 aliphatic rings. The standard InChI is InChI=1S/C59H42N2/c60-58(43-18-4-1-5-19-43)61-56(37-29-40-28-30-41-16-10-11-20-44(41)38-40)52-35-34-48(50-26-14-15-27-51(50)52)45-32-36-55-54(39-45)53-33-31-42-17-12-13-25-49(42)57(53)59(55,46-21-6-2-7-22-46)47-23-8-3-9-24-47/h1-28,30-39H,29H2,(H2,60,61)/b56-37-. The lowest BCUT2D eigenvalue weighted by Gasteiger charge is -2.34. The molecular formula is C59H42N2. The number of nitrogens with zero attached hydrogens (tertiary/aromatic N) is 1. The molecule has 0 saturated carbocycles. The van der Waals surface area contributed by atoms with Crippen LogP contribution in [0.3, 0.4) is 0 Å². The highest BCUT2D eigenvalue weighted by atomic mass is 14.9. The Morgan fingerprint density at radius 1 is 0.459 bits per heavy atom. The summed E-state index contributed by atoms with van der Waals surface area (Å²) in [7, 11) is 0. The van der Waals surface area contributed by atoms with Gasteiger partial charge in [-0.05, 0) is 94.9 Å². The fourth-order valence-corrected chi connectivity index (χ4v) is 9.81. The summed E-state index contributed by atoms with van der Waals surface area (Å²) in [5.74, 6) is 0.489. The van der Waals surface area contributed by atoms with E-state index in [9.17, 15) is 0 Å². The fraction of sp³-hybridized carbons (Fsp3) is 0.0339. The first-order chi connectivity index (χ1) is 30.2. The van der Waals surface area contributed by atoms with Crippen molar-refractivity contribution in [1.82, 2.24) is 0 Å². The number of hydrogen-bond donors (Lipinski definition) is 1. The van der Waals surface area contributed by atoms with Crippen LogP contribution >= 0.6 is 0 Å². The van der Waals surface area contributed by atoms with Gasteiger partial charge in [-0.3, -0.25) is 0 Å². The quantitative estimate of drug-likeness (QED) is 0.121. The van der Waals surface area contributed by atoms with Gasteiger partial charge in [0, 0.05) is 11.1 Å². The molecule has 0 radical (unpaired) electrons. The van der Waals surface area contributed by atoms with Crippen molar-refractivity contribution in [3.05, 3.63) is 269 Å². The number of amidine groups is 1. The summed E-state index contributed by atoms with van der Waals surface area (Å²) >= 11 is 0. The topological polar surface area (TPSA) is 38.4 Å². The molecule has 10 aromatic carbocycles. The Hall–Kier alpha value is -7.81. The Balaban J connectivity index is 1.09. The number of rotatable bonds is 8. The zero-order valence-corrected chi connectivity index (χ0v) is 33.7. The first-order valence-electron chi connectivity index (χ1n) is 21.0. The summed E-state index contributed by atoms with van der Waals surface area (Å²) in [6.45, 7) is 0. The SMILES string of the molecule is NC(=N/C(=C\Cc1ccc2ccccc2c1)c1ccc(-c2ccc3c(c2)-c2ccc4ccccc4c2C3(c2ccccc2)c2ccccc2)c2ccccc12)c1ccccc1. The maximum atomic E-state index is 6.78. The lowest BCUT2D eigenvalue weighted by atomic mass is 9.66. The molecule has 2 nitrogen and oxygen atoms in total. The molecule has 0 spiro atoms. The van der Waals surface area contributed by atoms with Crippen LogP contribution in [0.1, 0.15) is 38.9 Å². The minimum Gasteiger partial charge on any atom is -0.383 e. The second kappa shape index (κ2) is 15.1. The zero-order valence-electron chi connectivity index (χ0n) is 33.7. The van der Waals surface area contributed by atoms with Crippen LogP contribution in [0.4, 0.5) is 0 Å². The molecule has 11 rings (SSSR count). The number of allylic oxidation sites excluding steroid dienone is 1. The second-order valence-corrected chi connectivity index (χ2v) is 16.0. The maximum absolute atomic E-state index is 6.78. The molecule has 0 fully saturated rings. The molecule has 10 aromatic rings. The van der Waals surface area contributed by atoms with Gasteiger partial charge in [-0.2, -0.15) is 0 Å². The second-order valence-electron chi connectivity index (χ2n) is 16.0. The monoisotopic (exact) mass is 778 g/mol. The summed E-state index contributed by atoms with van der Waals surface area (Å²) in [6, 6.07) is 81.2. The average molecular weight is 779 g/mol. The molecule has 0 aromatic heterocycles. The molecule has 0 amide bonds. The minimum atomic E-state index is -0.500. The first kappa shape index (κ1) is 36.3. The van der Waals surface area contributed by atoms with Gasteiger partial charge in [0.1, 0.15) is 5.84 Å². The lowest BCUT2D eigenvalue weighted by Crippen LogP contribution is -2.28. The molecule has 0 bridgehead atoms. The van der Waals surface area contributed by atoms with Crippen molar-refractivity contribution in [2.45, 2.75) is 11.8 Å². The van der Waals surface area contributed by atoms with Crippen LogP contribution in [-0.2, 0) is 11.8 Å². The molecule has 288 valence electrons. The van der Waals surface area contributed by atoms with E-state index < -0.39 is 5.41 Å². The van der Waals surface area contributed by atoms with E-state index in [2.05, 4.69) is 200 Å². The predicted octanol–water partition coefficient (Wildman–Crippen LogP) is 14.2. The third-order valence-electron chi connectivity index (χ3n) is 12.6. The van der Waals surface area contributed by atoms with Crippen molar-refractivity contribution in [2.24, 2.45) is 10.7 Å². The molecule has 61 heavy (non-hydrogen) atoms. The Morgan fingerprint density at radius 3 is 1.79 bits per heavy atom. The molecular weight excluding hydrogens is 737 g/mol. The average Bonchev–Trinajstić information content (AvgIpc) is 3.64. The van der Waals surface area contributed by atoms with Crippen molar-refractivity contribution in [3.8, 4) is 22.3 Å². The third kappa shape index (κ3) is 6.15. The van der Waals surface area contributed by atoms with Crippen molar-refractivity contribution in [3.63, 3.8) is 0 Å². The van der Waals surface area contributed by atoms with Crippen LogP contribution in [0.2, 0.25) is 0 Å². The van der Waals surface area contributed by atoms with Crippen LogP contribution in [0, 0.1) is 0 Å². The number of hydrogen-bond acceptors (Lipinski definition) is 1. The summed E-state index contributed by atoms with van der Waals surface area (Å²) in [6.07, 6.45) is 2.94.